The molecule has 20 heavy (non-hydrogen) atoms. The van der Waals surface area contributed by atoms with E-state index in [9.17, 15) is 13.2 Å². The zero-order valence-electron chi connectivity index (χ0n) is 11.9. The number of hydrogen-bond donors (Lipinski definition) is 2. The minimum Gasteiger partial charge on any atom is -0.354 e. The van der Waals surface area contributed by atoms with Crippen LogP contribution in [0.3, 0.4) is 0 Å². The second kappa shape index (κ2) is 8.01. The lowest BCUT2D eigenvalue weighted by molar-refractivity contribution is -0.121. The van der Waals surface area contributed by atoms with Crippen molar-refractivity contribution in [2.45, 2.75) is 44.0 Å². The van der Waals surface area contributed by atoms with E-state index in [1.54, 1.807) is 18.2 Å². The number of amides is 1. The summed E-state index contributed by atoms with van der Waals surface area (Å²) in [5.41, 5.74) is 0. The van der Waals surface area contributed by atoms with E-state index in [0.717, 1.165) is 12.8 Å². The maximum absolute atomic E-state index is 11.9. The quantitative estimate of drug-likeness (QED) is 0.766. The fourth-order valence-electron chi connectivity index (χ4n) is 1.83. The fraction of sp³-hybridized carbons (Fsp3) is 0.500. The predicted molar refractivity (Wildman–Crippen MR) is 78.8 cm³/mol. The molecule has 0 heterocycles. The van der Waals surface area contributed by atoms with Crippen molar-refractivity contribution in [3.05, 3.63) is 30.3 Å². The number of carbonyl (C=O) groups is 1. The van der Waals surface area contributed by atoms with Crippen LogP contribution in [-0.2, 0) is 14.8 Å². The average molecular weight is 298 g/mol. The van der Waals surface area contributed by atoms with Crippen LogP contribution in [0.1, 0.15) is 33.1 Å². The Morgan fingerprint density at radius 2 is 1.90 bits per heavy atom. The monoisotopic (exact) mass is 298 g/mol. The van der Waals surface area contributed by atoms with E-state index < -0.39 is 10.0 Å². The molecule has 0 aliphatic heterocycles. The van der Waals surface area contributed by atoms with Gasteiger partial charge in [-0.3, -0.25) is 4.79 Å². The second-order valence-electron chi connectivity index (χ2n) is 4.72. The van der Waals surface area contributed by atoms with Gasteiger partial charge in [0.2, 0.25) is 15.9 Å². The Balaban J connectivity index is 2.39. The summed E-state index contributed by atoms with van der Waals surface area (Å²) in [5.74, 6) is -0.137. The van der Waals surface area contributed by atoms with Gasteiger partial charge in [-0.15, -0.1) is 0 Å². The molecule has 1 amide bonds. The summed E-state index contributed by atoms with van der Waals surface area (Å²) in [6, 6.07) is 8.23. The first-order valence-corrected chi connectivity index (χ1v) is 8.28. The van der Waals surface area contributed by atoms with Crippen LogP contribution in [0.2, 0.25) is 0 Å². The Morgan fingerprint density at radius 1 is 1.25 bits per heavy atom. The molecule has 0 aliphatic carbocycles. The molecule has 0 aliphatic rings. The molecule has 1 aromatic rings. The third-order valence-electron chi connectivity index (χ3n) is 2.83. The summed E-state index contributed by atoms with van der Waals surface area (Å²) in [4.78, 5) is 11.8. The first-order chi connectivity index (χ1) is 9.45. The average Bonchev–Trinajstić information content (AvgIpc) is 2.39. The molecule has 112 valence electrons. The van der Waals surface area contributed by atoms with Gasteiger partial charge in [-0.25, -0.2) is 13.1 Å². The van der Waals surface area contributed by atoms with Crippen LogP contribution in [0.25, 0.3) is 0 Å². The third-order valence-corrected chi connectivity index (χ3v) is 4.30. The predicted octanol–water partition coefficient (Wildman–Crippen LogP) is 1.66. The molecular weight excluding hydrogens is 276 g/mol. The Labute approximate surface area is 120 Å². The lowest BCUT2D eigenvalue weighted by atomic mass is 10.2. The van der Waals surface area contributed by atoms with Gasteiger partial charge in [0.1, 0.15) is 0 Å². The van der Waals surface area contributed by atoms with Crippen molar-refractivity contribution < 1.29 is 13.2 Å². The molecule has 0 fully saturated rings. The van der Waals surface area contributed by atoms with E-state index >= 15 is 0 Å². The highest BCUT2D eigenvalue weighted by atomic mass is 32.2. The SMILES string of the molecule is CCCC(C)NC(=O)CCNS(=O)(=O)c1ccccc1. The summed E-state index contributed by atoms with van der Waals surface area (Å²) in [7, 11) is -3.52. The van der Waals surface area contributed by atoms with E-state index in [-0.39, 0.29) is 29.8 Å². The van der Waals surface area contributed by atoms with Crippen LogP contribution in [0, 0.1) is 0 Å². The van der Waals surface area contributed by atoms with Gasteiger partial charge in [0.15, 0.2) is 0 Å². The fourth-order valence-corrected chi connectivity index (χ4v) is 2.89. The highest BCUT2D eigenvalue weighted by Gasteiger charge is 2.13. The van der Waals surface area contributed by atoms with Gasteiger partial charge in [0.05, 0.1) is 4.90 Å². The molecule has 2 N–H and O–H groups in total. The Bertz CT molecular complexity index is 514. The molecule has 0 radical (unpaired) electrons. The summed E-state index contributed by atoms with van der Waals surface area (Å²) >= 11 is 0. The van der Waals surface area contributed by atoms with Gasteiger partial charge in [-0.2, -0.15) is 0 Å². The van der Waals surface area contributed by atoms with Crippen molar-refractivity contribution in [2.24, 2.45) is 0 Å². The van der Waals surface area contributed by atoms with Crippen LogP contribution in [0.15, 0.2) is 35.2 Å². The number of sulfonamides is 1. The number of carbonyl (C=O) groups excluding carboxylic acids is 1. The smallest absolute Gasteiger partial charge is 0.240 e. The van der Waals surface area contributed by atoms with Crippen molar-refractivity contribution in [1.82, 2.24) is 10.0 Å². The maximum Gasteiger partial charge on any atom is 0.240 e. The van der Waals surface area contributed by atoms with Crippen LogP contribution >= 0.6 is 0 Å². The van der Waals surface area contributed by atoms with Crippen molar-refractivity contribution in [1.29, 1.82) is 0 Å². The molecule has 0 saturated heterocycles. The maximum atomic E-state index is 11.9. The van der Waals surface area contributed by atoms with Crippen LogP contribution < -0.4 is 10.0 Å². The molecule has 6 heteroatoms. The zero-order valence-corrected chi connectivity index (χ0v) is 12.7. The van der Waals surface area contributed by atoms with E-state index in [0.29, 0.717) is 0 Å². The highest BCUT2D eigenvalue weighted by molar-refractivity contribution is 7.89. The van der Waals surface area contributed by atoms with Crippen LogP contribution in [0.4, 0.5) is 0 Å². The molecular formula is C14H22N2O3S. The largest absolute Gasteiger partial charge is 0.354 e. The van der Waals surface area contributed by atoms with Crippen LogP contribution in [-0.4, -0.2) is 26.9 Å². The number of hydrogen-bond acceptors (Lipinski definition) is 3. The van der Waals surface area contributed by atoms with Crippen molar-refractivity contribution in [3.8, 4) is 0 Å². The number of benzene rings is 1. The van der Waals surface area contributed by atoms with Gasteiger partial charge in [0, 0.05) is 19.0 Å². The molecule has 5 nitrogen and oxygen atoms in total. The molecule has 0 saturated carbocycles. The summed E-state index contributed by atoms with van der Waals surface area (Å²) in [6.45, 7) is 4.09. The normalized spacial score (nSPS) is 12.9. The Hall–Kier alpha value is -1.40. The lowest BCUT2D eigenvalue weighted by Gasteiger charge is -2.12. The van der Waals surface area contributed by atoms with Gasteiger partial charge < -0.3 is 5.32 Å². The van der Waals surface area contributed by atoms with E-state index in [4.69, 9.17) is 0 Å². The topological polar surface area (TPSA) is 75.3 Å². The molecule has 0 bridgehead atoms. The molecule has 1 aromatic carbocycles. The Morgan fingerprint density at radius 3 is 2.50 bits per heavy atom. The number of nitrogens with one attached hydrogen (secondary N) is 2. The van der Waals surface area contributed by atoms with Gasteiger partial charge in [-0.1, -0.05) is 31.5 Å². The Kier molecular flexibility index (Phi) is 6.67. The minimum atomic E-state index is -3.52. The summed E-state index contributed by atoms with van der Waals surface area (Å²) < 4.78 is 26.2. The molecule has 1 unspecified atom stereocenters. The van der Waals surface area contributed by atoms with Crippen molar-refractivity contribution in [2.75, 3.05) is 6.54 Å². The first-order valence-electron chi connectivity index (χ1n) is 6.79. The minimum absolute atomic E-state index is 0.0991. The lowest BCUT2D eigenvalue weighted by Crippen LogP contribution is -2.35. The van der Waals surface area contributed by atoms with E-state index in [1.165, 1.54) is 12.1 Å². The van der Waals surface area contributed by atoms with Gasteiger partial charge in [0.25, 0.3) is 0 Å². The van der Waals surface area contributed by atoms with Crippen molar-refractivity contribution >= 4 is 15.9 Å². The van der Waals surface area contributed by atoms with Gasteiger partial charge in [-0.05, 0) is 25.5 Å². The highest BCUT2D eigenvalue weighted by Crippen LogP contribution is 2.06. The summed E-state index contributed by atoms with van der Waals surface area (Å²) in [6.07, 6.45) is 2.06. The number of rotatable bonds is 8. The molecule has 1 rings (SSSR count). The van der Waals surface area contributed by atoms with Crippen LogP contribution in [0.5, 0.6) is 0 Å². The molecule has 0 spiro atoms. The zero-order chi connectivity index (χ0) is 15.0. The van der Waals surface area contributed by atoms with E-state index in [2.05, 4.69) is 17.0 Å². The molecule has 0 aromatic heterocycles. The standard InChI is InChI=1S/C14H22N2O3S/c1-3-7-12(2)16-14(17)10-11-15-20(18,19)13-8-5-4-6-9-13/h4-6,8-9,12,15H,3,7,10-11H2,1-2H3,(H,16,17). The second-order valence-corrected chi connectivity index (χ2v) is 6.49. The molecule has 1 atom stereocenters. The van der Waals surface area contributed by atoms with Crippen molar-refractivity contribution in [3.63, 3.8) is 0 Å². The summed E-state index contributed by atoms with van der Waals surface area (Å²) in [5, 5.41) is 2.83. The third kappa shape index (κ3) is 5.71. The van der Waals surface area contributed by atoms with E-state index in [1.807, 2.05) is 6.92 Å². The first kappa shape index (κ1) is 16.7. The van der Waals surface area contributed by atoms with Gasteiger partial charge >= 0.3 is 0 Å².